The van der Waals surface area contributed by atoms with E-state index in [-0.39, 0.29) is 11.4 Å². The van der Waals surface area contributed by atoms with Gasteiger partial charge in [0.1, 0.15) is 22.1 Å². The van der Waals surface area contributed by atoms with Crippen LogP contribution in [0, 0.1) is 5.82 Å². The average Bonchev–Trinajstić information content (AvgIpc) is 3.11. The lowest BCUT2D eigenvalue weighted by Gasteiger charge is -2.10. The van der Waals surface area contributed by atoms with E-state index in [0.717, 1.165) is 0 Å². The Balaban J connectivity index is 1.99. The van der Waals surface area contributed by atoms with Crippen LogP contribution in [0.4, 0.5) is 9.39 Å². The Morgan fingerprint density at radius 3 is 2.41 bits per heavy atom. The number of carbonyl (C=O) groups is 2. The topological polar surface area (TPSA) is 64.6 Å². The molecule has 2 aromatic carbocycles. The third-order valence-corrected chi connectivity index (χ3v) is 4.81. The van der Waals surface area contributed by atoms with Crippen LogP contribution >= 0.6 is 11.3 Å². The van der Waals surface area contributed by atoms with Gasteiger partial charge < -0.3 is 14.8 Å². The van der Waals surface area contributed by atoms with Gasteiger partial charge in [-0.1, -0.05) is 24.3 Å². The van der Waals surface area contributed by atoms with Crippen LogP contribution < -0.4 is 10.1 Å². The van der Waals surface area contributed by atoms with Gasteiger partial charge in [0.15, 0.2) is 0 Å². The molecule has 1 amide bonds. The fourth-order valence-electron chi connectivity index (χ4n) is 2.60. The van der Waals surface area contributed by atoms with Crippen molar-refractivity contribution in [3.8, 4) is 16.9 Å². The monoisotopic (exact) mass is 385 g/mol. The van der Waals surface area contributed by atoms with Crippen LogP contribution in [0.3, 0.4) is 0 Å². The fraction of sp³-hybridized carbons (Fsp3) is 0.100. The van der Waals surface area contributed by atoms with Crippen molar-refractivity contribution < 1.29 is 23.5 Å². The molecule has 1 aromatic heterocycles. The second kappa shape index (κ2) is 8.01. The molecule has 0 aliphatic rings. The van der Waals surface area contributed by atoms with E-state index >= 15 is 0 Å². The molecule has 0 bridgehead atoms. The molecule has 0 radical (unpaired) electrons. The highest BCUT2D eigenvalue weighted by atomic mass is 32.1. The molecule has 5 nitrogen and oxygen atoms in total. The number of amides is 1. The first kappa shape index (κ1) is 18.6. The highest BCUT2D eigenvalue weighted by Gasteiger charge is 2.23. The number of anilines is 1. The van der Waals surface area contributed by atoms with E-state index in [0.29, 0.717) is 27.4 Å². The third-order valence-electron chi connectivity index (χ3n) is 3.91. The summed E-state index contributed by atoms with van der Waals surface area (Å²) in [7, 11) is 2.74. The molecule has 0 spiro atoms. The van der Waals surface area contributed by atoms with Crippen LogP contribution in [0.5, 0.6) is 5.75 Å². The van der Waals surface area contributed by atoms with Gasteiger partial charge in [0, 0.05) is 10.9 Å². The number of methoxy groups -OCH3 is 2. The summed E-state index contributed by atoms with van der Waals surface area (Å²) in [5.74, 6) is -0.959. The number of nitrogens with one attached hydrogen (secondary N) is 1. The van der Waals surface area contributed by atoms with Gasteiger partial charge in [-0.15, -0.1) is 11.3 Å². The molecule has 1 heterocycles. The molecule has 0 saturated carbocycles. The van der Waals surface area contributed by atoms with Crippen LogP contribution in [0.25, 0.3) is 11.1 Å². The van der Waals surface area contributed by atoms with E-state index in [1.807, 2.05) is 0 Å². The number of para-hydroxylation sites is 1. The summed E-state index contributed by atoms with van der Waals surface area (Å²) in [6.07, 6.45) is 0. The van der Waals surface area contributed by atoms with Crippen molar-refractivity contribution in [2.45, 2.75) is 0 Å². The lowest BCUT2D eigenvalue weighted by molar-refractivity contribution is 0.0603. The van der Waals surface area contributed by atoms with Crippen molar-refractivity contribution >= 4 is 28.2 Å². The van der Waals surface area contributed by atoms with Crippen LogP contribution in [-0.2, 0) is 4.74 Å². The highest BCUT2D eigenvalue weighted by Crippen LogP contribution is 2.36. The van der Waals surface area contributed by atoms with Crippen molar-refractivity contribution in [1.82, 2.24) is 0 Å². The van der Waals surface area contributed by atoms with E-state index in [2.05, 4.69) is 5.32 Å². The molecule has 3 aromatic rings. The number of ether oxygens (including phenoxy) is 2. The normalized spacial score (nSPS) is 10.3. The number of hydrogen-bond acceptors (Lipinski definition) is 5. The van der Waals surface area contributed by atoms with Gasteiger partial charge in [-0.3, -0.25) is 4.79 Å². The lowest BCUT2D eigenvalue weighted by Crippen LogP contribution is -2.15. The molecule has 0 unspecified atom stereocenters. The number of halogens is 1. The molecule has 1 N–H and O–H groups in total. The predicted molar refractivity (Wildman–Crippen MR) is 102 cm³/mol. The SMILES string of the molecule is COC(=O)c1c(-c2ccc(F)cc2)csc1NC(=O)c1ccccc1OC. The second-order valence-electron chi connectivity index (χ2n) is 5.51. The summed E-state index contributed by atoms with van der Waals surface area (Å²) < 4.78 is 23.3. The Hall–Kier alpha value is -3.19. The number of rotatable bonds is 5. The number of benzene rings is 2. The molecule has 138 valence electrons. The van der Waals surface area contributed by atoms with Gasteiger partial charge in [0.25, 0.3) is 5.91 Å². The smallest absolute Gasteiger partial charge is 0.341 e. The maximum absolute atomic E-state index is 13.2. The molecular formula is C20H16FNO4S. The highest BCUT2D eigenvalue weighted by molar-refractivity contribution is 7.15. The summed E-state index contributed by atoms with van der Waals surface area (Å²) in [5, 5.41) is 4.81. The van der Waals surface area contributed by atoms with Gasteiger partial charge in [-0.05, 0) is 29.8 Å². The van der Waals surface area contributed by atoms with Crippen molar-refractivity contribution in [2.75, 3.05) is 19.5 Å². The summed E-state index contributed by atoms with van der Waals surface area (Å²) in [4.78, 5) is 25.0. The van der Waals surface area contributed by atoms with E-state index < -0.39 is 11.9 Å². The summed E-state index contributed by atoms with van der Waals surface area (Å²) in [6, 6.07) is 12.5. The predicted octanol–water partition coefficient (Wildman–Crippen LogP) is 4.60. The minimum absolute atomic E-state index is 0.220. The van der Waals surface area contributed by atoms with Gasteiger partial charge in [-0.25, -0.2) is 9.18 Å². The maximum atomic E-state index is 13.2. The standard InChI is InChI=1S/C20H16FNO4S/c1-25-16-6-4-3-5-14(16)18(23)22-19-17(20(24)26-2)15(11-27-19)12-7-9-13(21)10-8-12/h3-11H,1-2H3,(H,22,23). The van der Waals surface area contributed by atoms with Crippen molar-refractivity contribution in [1.29, 1.82) is 0 Å². The number of hydrogen-bond donors (Lipinski definition) is 1. The molecular weight excluding hydrogens is 369 g/mol. The van der Waals surface area contributed by atoms with Gasteiger partial charge in [-0.2, -0.15) is 0 Å². The quantitative estimate of drug-likeness (QED) is 0.652. The van der Waals surface area contributed by atoms with Crippen LogP contribution in [0.2, 0.25) is 0 Å². The number of thiophene rings is 1. The first-order chi connectivity index (χ1) is 13.0. The largest absolute Gasteiger partial charge is 0.496 e. The molecule has 0 atom stereocenters. The Bertz CT molecular complexity index is 982. The Morgan fingerprint density at radius 1 is 1.04 bits per heavy atom. The fourth-order valence-corrected chi connectivity index (χ4v) is 3.55. The van der Waals surface area contributed by atoms with Crippen LogP contribution in [0.15, 0.2) is 53.9 Å². The van der Waals surface area contributed by atoms with Gasteiger partial charge in [0.05, 0.1) is 19.8 Å². The molecule has 27 heavy (non-hydrogen) atoms. The molecule has 0 fully saturated rings. The lowest BCUT2D eigenvalue weighted by atomic mass is 10.0. The Kier molecular flexibility index (Phi) is 5.52. The molecule has 7 heteroatoms. The van der Waals surface area contributed by atoms with E-state index in [1.54, 1.807) is 41.8 Å². The zero-order valence-electron chi connectivity index (χ0n) is 14.6. The zero-order valence-corrected chi connectivity index (χ0v) is 15.4. The second-order valence-corrected chi connectivity index (χ2v) is 6.39. The molecule has 0 aliphatic heterocycles. The van der Waals surface area contributed by atoms with Crippen molar-refractivity contribution in [2.24, 2.45) is 0 Å². The van der Waals surface area contributed by atoms with E-state index in [4.69, 9.17) is 9.47 Å². The minimum Gasteiger partial charge on any atom is -0.496 e. The summed E-state index contributed by atoms with van der Waals surface area (Å²) in [5.41, 5.74) is 1.76. The van der Waals surface area contributed by atoms with Crippen molar-refractivity contribution in [3.05, 3.63) is 70.9 Å². The van der Waals surface area contributed by atoms with Gasteiger partial charge in [0.2, 0.25) is 0 Å². The van der Waals surface area contributed by atoms with Crippen molar-refractivity contribution in [3.63, 3.8) is 0 Å². The minimum atomic E-state index is -0.592. The van der Waals surface area contributed by atoms with Crippen LogP contribution in [-0.4, -0.2) is 26.1 Å². The number of esters is 1. The average molecular weight is 385 g/mol. The molecule has 3 rings (SSSR count). The zero-order chi connectivity index (χ0) is 19.4. The maximum Gasteiger partial charge on any atom is 0.341 e. The first-order valence-electron chi connectivity index (χ1n) is 7.95. The Morgan fingerprint density at radius 2 is 1.74 bits per heavy atom. The summed E-state index contributed by atoms with van der Waals surface area (Å²) >= 11 is 1.19. The summed E-state index contributed by atoms with van der Waals surface area (Å²) in [6.45, 7) is 0. The van der Waals surface area contributed by atoms with E-state index in [9.17, 15) is 14.0 Å². The van der Waals surface area contributed by atoms with Gasteiger partial charge >= 0.3 is 5.97 Å². The first-order valence-corrected chi connectivity index (χ1v) is 8.83. The number of carbonyl (C=O) groups excluding carboxylic acids is 2. The molecule has 0 saturated heterocycles. The van der Waals surface area contributed by atoms with E-state index in [1.165, 1.54) is 37.7 Å². The Labute approximate surface area is 159 Å². The van der Waals surface area contributed by atoms with Crippen LogP contribution in [0.1, 0.15) is 20.7 Å². The third kappa shape index (κ3) is 3.83. The molecule has 0 aliphatic carbocycles.